The highest BCUT2D eigenvalue weighted by Crippen LogP contribution is 2.17. The monoisotopic (exact) mass is 339 g/mol. The van der Waals surface area contributed by atoms with Crippen LogP contribution in [0.1, 0.15) is 33.1 Å². The molecule has 0 aliphatic carbocycles. The second kappa shape index (κ2) is 10.9. The van der Waals surface area contributed by atoms with Gasteiger partial charge in [-0.3, -0.25) is 9.89 Å². The number of likely N-dealkylation sites (tertiary alicyclic amines) is 1. The number of nitrogens with one attached hydrogen (secondary N) is 1. The first kappa shape index (κ1) is 19.5. The van der Waals surface area contributed by atoms with Crippen molar-refractivity contribution in [3.05, 3.63) is 0 Å². The van der Waals surface area contributed by atoms with Crippen molar-refractivity contribution in [2.45, 2.75) is 33.1 Å². The van der Waals surface area contributed by atoms with E-state index in [1.165, 1.54) is 32.5 Å². The van der Waals surface area contributed by atoms with E-state index >= 15 is 0 Å². The molecule has 0 aromatic carbocycles. The van der Waals surface area contributed by atoms with Crippen LogP contribution in [0.25, 0.3) is 0 Å². The number of aliphatic imine (C=N–C) groups is 1. The molecule has 3 N–H and O–H groups in total. The average molecular weight is 340 g/mol. The normalized spacial score (nSPS) is 24.5. The summed E-state index contributed by atoms with van der Waals surface area (Å²) >= 11 is 0. The maximum Gasteiger partial charge on any atom is 0.188 e. The van der Waals surface area contributed by atoms with Crippen LogP contribution in [0.3, 0.4) is 0 Å². The molecule has 1 unspecified atom stereocenters. The fourth-order valence-corrected chi connectivity index (χ4v) is 3.61. The lowest BCUT2D eigenvalue weighted by Crippen LogP contribution is -2.40. The molecule has 2 aliphatic heterocycles. The van der Waals surface area contributed by atoms with Crippen LogP contribution >= 0.6 is 0 Å². The van der Waals surface area contributed by atoms with Gasteiger partial charge in [0.2, 0.25) is 0 Å². The van der Waals surface area contributed by atoms with Crippen LogP contribution in [0.2, 0.25) is 0 Å². The van der Waals surface area contributed by atoms with Gasteiger partial charge in [-0.15, -0.1) is 0 Å². The highest BCUT2D eigenvalue weighted by atomic mass is 16.5. The second-order valence-corrected chi connectivity index (χ2v) is 7.62. The molecule has 1 atom stereocenters. The number of rotatable bonds is 8. The quantitative estimate of drug-likeness (QED) is 0.392. The summed E-state index contributed by atoms with van der Waals surface area (Å²) in [5, 5.41) is 3.26. The molecule has 0 spiro atoms. The fraction of sp³-hybridized carbons (Fsp3) is 0.944. The van der Waals surface area contributed by atoms with Crippen molar-refractivity contribution in [2.75, 3.05) is 65.6 Å². The van der Waals surface area contributed by atoms with Crippen LogP contribution in [-0.4, -0.2) is 81.3 Å². The number of ether oxygens (including phenoxy) is 1. The molecule has 6 nitrogen and oxygen atoms in total. The zero-order chi connectivity index (χ0) is 17.2. The molecule has 2 fully saturated rings. The lowest BCUT2D eigenvalue weighted by molar-refractivity contribution is 0.0376. The van der Waals surface area contributed by atoms with E-state index in [9.17, 15) is 0 Å². The first-order valence-corrected chi connectivity index (χ1v) is 9.69. The minimum Gasteiger partial charge on any atom is -0.379 e. The SMILES string of the molecule is CC(C)CN1CCCC(CN=C(N)NCCCN2CCOCC2)C1. The molecular formula is C18H37N5O. The van der Waals surface area contributed by atoms with Crippen LogP contribution in [0.15, 0.2) is 4.99 Å². The van der Waals surface area contributed by atoms with Crippen molar-refractivity contribution >= 4 is 5.96 Å². The zero-order valence-electron chi connectivity index (χ0n) is 15.7. The number of hydrogen-bond acceptors (Lipinski definition) is 4. The van der Waals surface area contributed by atoms with Crippen molar-refractivity contribution in [1.82, 2.24) is 15.1 Å². The summed E-state index contributed by atoms with van der Waals surface area (Å²) in [6.07, 6.45) is 3.67. The fourth-order valence-electron chi connectivity index (χ4n) is 3.61. The Balaban J connectivity index is 1.57. The number of guanidine groups is 1. The van der Waals surface area contributed by atoms with Crippen LogP contribution in [0.5, 0.6) is 0 Å². The van der Waals surface area contributed by atoms with Crippen molar-refractivity contribution in [1.29, 1.82) is 0 Å². The van der Waals surface area contributed by atoms with E-state index in [2.05, 4.69) is 34.0 Å². The van der Waals surface area contributed by atoms with Gasteiger partial charge in [-0.25, -0.2) is 0 Å². The third-order valence-corrected chi connectivity index (χ3v) is 4.81. The predicted molar refractivity (Wildman–Crippen MR) is 100 cm³/mol. The Kier molecular flexibility index (Phi) is 8.84. The molecule has 140 valence electrons. The molecule has 0 aromatic heterocycles. The van der Waals surface area contributed by atoms with E-state index in [1.807, 2.05) is 0 Å². The Bertz CT molecular complexity index is 368. The van der Waals surface area contributed by atoms with Gasteiger partial charge in [0.25, 0.3) is 0 Å². The van der Waals surface area contributed by atoms with Crippen molar-refractivity contribution in [2.24, 2.45) is 22.6 Å². The second-order valence-electron chi connectivity index (χ2n) is 7.62. The molecule has 2 rings (SSSR count). The minimum atomic E-state index is 0.609. The van der Waals surface area contributed by atoms with Gasteiger partial charge in [-0.1, -0.05) is 13.8 Å². The van der Waals surface area contributed by atoms with Crippen molar-refractivity contribution < 1.29 is 4.74 Å². The Hall–Kier alpha value is -0.850. The number of hydrogen-bond donors (Lipinski definition) is 2. The molecule has 0 amide bonds. The maximum absolute atomic E-state index is 6.02. The van der Waals surface area contributed by atoms with Gasteiger partial charge >= 0.3 is 0 Å². The van der Waals surface area contributed by atoms with Crippen LogP contribution in [-0.2, 0) is 4.74 Å². The molecule has 0 bridgehead atoms. The summed E-state index contributed by atoms with van der Waals surface area (Å²) in [6, 6.07) is 0. The Morgan fingerprint density at radius 1 is 1.25 bits per heavy atom. The topological polar surface area (TPSA) is 66.1 Å². The number of piperidine rings is 1. The third-order valence-electron chi connectivity index (χ3n) is 4.81. The van der Waals surface area contributed by atoms with E-state index in [0.717, 1.165) is 58.3 Å². The standard InChI is InChI=1S/C18H37N5O/c1-16(2)14-23-7-3-5-17(15-23)13-21-18(19)20-6-4-8-22-9-11-24-12-10-22/h16-17H,3-15H2,1-2H3,(H3,19,20,21). The first-order chi connectivity index (χ1) is 11.6. The van der Waals surface area contributed by atoms with Gasteiger partial charge in [-0.05, 0) is 44.2 Å². The van der Waals surface area contributed by atoms with Gasteiger partial charge in [-0.2, -0.15) is 0 Å². The van der Waals surface area contributed by atoms with Crippen LogP contribution in [0.4, 0.5) is 0 Å². The van der Waals surface area contributed by atoms with E-state index in [0.29, 0.717) is 11.9 Å². The van der Waals surface area contributed by atoms with E-state index < -0.39 is 0 Å². The summed E-state index contributed by atoms with van der Waals surface area (Å²) in [5.41, 5.74) is 6.02. The van der Waals surface area contributed by atoms with Crippen LogP contribution in [0, 0.1) is 11.8 Å². The molecule has 2 saturated heterocycles. The summed E-state index contributed by atoms with van der Waals surface area (Å²) in [6.45, 7) is 14.9. The molecular weight excluding hydrogens is 302 g/mol. The summed E-state index contributed by atoms with van der Waals surface area (Å²) < 4.78 is 5.36. The highest BCUT2D eigenvalue weighted by molar-refractivity contribution is 5.77. The predicted octanol–water partition coefficient (Wildman–Crippen LogP) is 0.981. The molecule has 2 aliphatic rings. The van der Waals surface area contributed by atoms with E-state index in [-0.39, 0.29) is 0 Å². The summed E-state index contributed by atoms with van der Waals surface area (Å²) in [7, 11) is 0. The van der Waals surface area contributed by atoms with Crippen molar-refractivity contribution in [3.8, 4) is 0 Å². The van der Waals surface area contributed by atoms with Gasteiger partial charge < -0.3 is 20.7 Å². The Morgan fingerprint density at radius 2 is 2.04 bits per heavy atom. The van der Waals surface area contributed by atoms with Crippen molar-refractivity contribution in [3.63, 3.8) is 0 Å². The Morgan fingerprint density at radius 3 is 2.79 bits per heavy atom. The maximum atomic E-state index is 6.02. The molecule has 24 heavy (non-hydrogen) atoms. The first-order valence-electron chi connectivity index (χ1n) is 9.69. The summed E-state index contributed by atoms with van der Waals surface area (Å²) in [4.78, 5) is 9.60. The number of nitrogens with zero attached hydrogens (tertiary/aromatic N) is 3. The van der Waals surface area contributed by atoms with E-state index in [4.69, 9.17) is 10.5 Å². The molecule has 6 heteroatoms. The number of morpholine rings is 1. The molecule has 0 saturated carbocycles. The van der Waals surface area contributed by atoms with Gasteiger partial charge in [0, 0.05) is 39.3 Å². The summed E-state index contributed by atoms with van der Waals surface area (Å²) in [5.74, 6) is 2.01. The third kappa shape index (κ3) is 7.81. The van der Waals surface area contributed by atoms with Crippen LogP contribution < -0.4 is 11.1 Å². The van der Waals surface area contributed by atoms with E-state index in [1.54, 1.807) is 0 Å². The lowest BCUT2D eigenvalue weighted by atomic mass is 9.97. The average Bonchev–Trinajstić information content (AvgIpc) is 2.58. The highest BCUT2D eigenvalue weighted by Gasteiger charge is 2.20. The molecule has 2 heterocycles. The van der Waals surface area contributed by atoms with Gasteiger partial charge in [0.1, 0.15) is 0 Å². The van der Waals surface area contributed by atoms with Gasteiger partial charge in [0.15, 0.2) is 5.96 Å². The molecule has 0 radical (unpaired) electrons. The molecule has 0 aromatic rings. The largest absolute Gasteiger partial charge is 0.379 e. The Labute approximate surface area is 147 Å². The smallest absolute Gasteiger partial charge is 0.188 e. The zero-order valence-corrected chi connectivity index (χ0v) is 15.7. The van der Waals surface area contributed by atoms with Gasteiger partial charge in [0.05, 0.1) is 13.2 Å². The lowest BCUT2D eigenvalue weighted by Gasteiger charge is -2.33. The minimum absolute atomic E-state index is 0.609. The number of nitrogens with two attached hydrogens (primary N) is 1.